The van der Waals surface area contributed by atoms with Crippen molar-refractivity contribution in [3.8, 4) is 0 Å². The van der Waals surface area contributed by atoms with Gasteiger partial charge in [0.2, 0.25) is 5.91 Å². The molecule has 3 N–H and O–H groups in total. The van der Waals surface area contributed by atoms with E-state index in [1.807, 2.05) is 26.8 Å². The van der Waals surface area contributed by atoms with E-state index in [9.17, 15) is 4.79 Å². The lowest BCUT2D eigenvalue weighted by atomic mass is 10.1. The molecule has 0 bridgehead atoms. The number of halogens is 2. The number of rotatable bonds is 5. The molecule has 0 unspecified atom stereocenters. The molecule has 0 aliphatic heterocycles. The summed E-state index contributed by atoms with van der Waals surface area (Å²) in [5.74, 6) is -0.0974. The van der Waals surface area contributed by atoms with Gasteiger partial charge in [-0.3, -0.25) is 4.79 Å². The van der Waals surface area contributed by atoms with Crippen molar-refractivity contribution < 1.29 is 9.53 Å². The molecule has 1 aromatic carbocycles. The van der Waals surface area contributed by atoms with Gasteiger partial charge < -0.3 is 15.8 Å². The molecule has 0 aliphatic rings. The van der Waals surface area contributed by atoms with Crippen molar-refractivity contribution in [2.45, 2.75) is 33.3 Å². The number of hydrogen-bond donors (Lipinski definition) is 2. The van der Waals surface area contributed by atoms with Crippen LogP contribution in [0, 0.1) is 6.92 Å². The van der Waals surface area contributed by atoms with Crippen LogP contribution >= 0.6 is 28.3 Å². The molecule has 0 aliphatic carbocycles. The van der Waals surface area contributed by atoms with Gasteiger partial charge in [-0.15, -0.1) is 12.4 Å². The summed E-state index contributed by atoms with van der Waals surface area (Å²) in [6.07, 6.45) is 0.458. The number of carbonyl (C=O) groups is 1. The Balaban J connectivity index is 0.00000324. The monoisotopic (exact) mass is 350 g/mol. The standard InChI is InChI=1S/C13H19BrN2O2.ClH/c1-8(2)18-5-4-12(17)16-11-7-10(14)6-9(3)13(11)15;/h6-8H,4-5,15H2,1-3H3,(H,16,17);1H. The second-order valence-corrected chi connectivity index (χ2v) is 5.32. The Morgan fingerprint density at radius 1 is 1.47 bits per heavy atom. The van der Waals surface area contributed by atoms with Crippen LogP contribution in [0.25, 0.3) is 0 Å². The minimum Gasteiger partial charge on any atom is -0.397 e. The zero-order valence-electron chi connectivity index (χ0n) is 11.3. The maximum Gasteiger partial charge on any atom is 0.226 e. The SMILES string of the molecule is Cc1cc(Br)cc(NC(=O)CCOC(C)C)c1N.Cl. The highest BCUT2D eigenvalue weighted by molar-refractivity contribution is 9.10. The maximum atomic E-state index is 11.7. The first kappa shape index (κ1) is 18.2. The quantitative estimate of drug-likeness (QED) is 0.798. The number of benzene rings is 1. The lowest BCUT2D eigenvalue weighted by molar-refractivity contribution is -0.117. The highest BCUT2D eigenvalue weighted by Crippen LogP contribution is 2.27. The van der Waals surface area contributed by atoms with E-state index in [0.29, 0.717) is 24.4 Å². The third kappa shape index (κ3) is 6.27. The van der Waals surface area contributed by atoms with Gasteiger partial charge in [0, 0.05) is 4.47 Å². The Hall–Kier alpha value is -0.780. The Morgan fingerprint density at radius 2 is 2.11 bits per heavy atom. The van der Waals surface area contributed by atoms with Crippen molar-refractivity contribution in [1.82, 2.24) is 0 Å². The van der Waals surface area contributed by atoms with E-state index in [2.05, 4.69) is 21.2 Å². The second kappa shape index (κ2) is 8.40. The summed E-state index contributed by atoms with van der Waals surface area (Å²) in [4.78, 5) is 11.7. The number of ether oxygens (including phenoxy) is 1. The van der Waals surface area contributed by atoms with Gasteiger partial charge in [0.25, 0.3) is 0 Å². The summed E-state index contributed by atoms with van der Waals surface area (Å²) in [7, 11) is 0. The van der Waals surface area contributed by atoms with Gasteiger partial charge in [-0.1, -0.05) is 15.9 Å². The van der Waals surface area contributed by atoms with Crippen LogP contribution in [-0.2, 0) is 9.53 Å². The molecule has 0 fully saturated rings. The van der Waals surface area contributed by atoms with Crippen molar-refractivity contribution in [2.75, 3.05) is 17.7 Å². The lowest BCUT2D eigenvalue weighted by Crippen LogP contribution is -2.17. The maximum absolute atomic E-state index is 11.7. The van der Waals surface area contributed by atoms with Crippen LogP contribution in [0.5, 0.6) is 0 Å². The molecule has 0 atom stereocenters. The highest BCUT2D eigenvalue weighted by atomic mass is 79.9. The number of hydrogen-bond acceptors (Lipinski definition) is 3. The van der Waals surface area contributed by atoms with Crippen LogP contribution in [0.1, 0.15) is 25.8 Å². The molecule has 19 heavy (non-hydrogen) atoms. The van der Waals surface area contributed by atoms with Crippen molar-refractivity contribution in [1.29, 1.82) is 0 Å². The molecule has 1 rings (SSSR count). The Kier molecular flexibility index (Phi) is 8.06. The first-order chi connectivity index (χ1) is 8.40. The number of nitrogens with one attached hydrogen (secondary N) is 1. The highest BCUT2D eigenvalue weighted by Gasteiger charge is 2.08. The summed E-state index contributed by atoms with van der Waals surface area (Å²) in [5, 5.41) is 2.79. The average molecular weight is 352 g/mol. The normalized spacial score (nSPS) is 10.2. The van der Waals surface area contributed by atoms with Crippen LogP contribution in [0.3, 0.4) is 0 Å². The fraction of sp³-hybridized carbons (Fsp3) is 0.462. The Bertz CT molecular complexity index is 439. The molecule has 108 valence electrons. The third-order valence-corrected chi connectivity index (χ3v) is 2.86. The lowest BCUT2D eigenvalue weighted by Gasteiger charge is -2.12. The first-order valence-corrected chi connectivity index (χ1v) is 6.66. The zero-order valence-corrected chi connectivity index (χ0v) is 13.7. The molecular weight excluding hydrogens is 332 g/mol. The van der Waals surface area contributed by atoms with Gasteiger partial charge >= 0.3 is 0 Å². The van der Waals surface area contributed by atoms with Gasteiger partial charge in [0.05, 0.1) is 30.5 Å². The molecule has 0 spiro atoms. The molecule has 1 aromatic rings. The molecule has 0 heterocycles. The van der Waals surface area contributed by atoms with Gasteiger partial charge in [-0.05, 0) is 38.5 Å². The summed E-state index contributed by atoms with van der Waals surface area (Å²) >= 11 is 3.38. The number of anilines is 2. The van der Waals surface area contributed by atoms with Crippen molar-refractivity contribution in [3.05, 3.63) is 22.2 Å². The van der Waals surface area contributed by atoms with Crippen LogP contribution < -0.4 is 11.1 Å². The second-order valence-electron chi connectivity index (χ2n) is 4.40. The predicted molar refractivity (Wildman–Crippen MR) is 84.9 cm³/mol. The fourth-order valence-corrected chi connectivity index (χ4v) is 2.03. The van der Waals surface area contributed by atoms with Crippen LogP contribution in [0.2, 0.25) is 0 Å². The summed E-state index contributed by atoms with van der Waals surface area (Å²) in [5.41, 5.74) is 8.07. The molecule has 6 heteroatoms. The van der Waals surface area contributed by atoms with Gasteiger partial charge in [0.15, 0.2) is 0 Å². The first-order valence-electron chi connectivity index (χ1n) is 5.87. The van der Waals surface area contributed by atoms with E-state index in [-0.39, 0.29) is 24.4 Å². The number of amides is 1. The van der Waals surface area contributed by atoms with Crippen molar-refractivity contribution in [2.24, 2.45) is 0 Å². The van der Waals surface area contributed by atoms with Gasteiger partial charge in [0.1, 0.15) is 0 Å². The molecule has 1 amide bonds. The average Bonchev–Trinajstić information content (AvgIpc) is 2.24. The molecule has 4 nitrogen and oxygen atoms in total. The topological polar surface area (TPSA) is 64.3 Å². The van der Waals surface area contributed by atoms with E-state index in [1.165, 1.54) is 0 Å². The summed E-state index contributed by atoms with van der Waals surface area (Å²) in [6, 6.07) is 3.70. The van der Waals surface area contributed by atoms with Gasteiger partial charge in [-0.2, -0.15) is 0 Å². The Morgan fingerprint density at radius 3 is 2.68 bits per heavy atom. The van der Waals surface area contributed by atoms with Crippen LogP contribution in [0.15, 0.2) is 16.6 Å². The molecule has 0 aromatic heterocycles. The van der Waals surface area contributed by atoms with Crippen LogP contribution in [0.4, 0.5) is 11.4 Å². The Labute approximate surface area is 128 Å². The summed E-state index contributed by atoms with van der Waals surface area (Å²) in [6.45, 7) is 6.19. The minimum absolute atomic E-state index is 0. The predicted octanol–water partition coefficient (Wildman–Crippen LogP) is 3.52. The van der Waals surface area contributed by atoms with E-state index < -0.39 is 0 Å². The molecule has 0 radical (unpaired) electrons. The van der Waals surface area contributed by atoms with E-state index in [1.54, 1.807) is 6.07 Å². The number of carbonyl (C=O) groups excluding carboxylic acids is 1. The fourth-order valence-electron chi connectivity index (χ4n) is 1.46. The molecule has 0 saturated carbocycles. The molecule has 0 saturated heterocycles. The third-order valence-electron chi connectivity index (χ3n) is 2.41. The van der Waals surface area contributed by atoms with Crippen molar-refractivity contribution in [3.63, 3.8) is 0 Å². The summed E-state index contributed by atoms with van der Waals surface area (Å²) < 4.78 is 6.22. The molecular formula is C13H20BrClN2O2. The largest absolute Gasteiger partial charge is 0.397 e. The van der Waals surface area contributed by atoms with Gasteiger partial charge in [-0.25, -0.2) is 0 Å². The van der Waals surface area contributed by atoms with Crippen molar-refractivity contribution >= 4 is 45.6 Å². The van der Waals surface area contributed by atoms with E-state index in [4.69, 9.17) is 10.5 Å². The minimum atomic E-state index is -0.0974. The number of nitrogens with two attached hydrogens (primary N) is 1. The number of nitrogen functional groups attached to an aromatic ring is 1. The van der Waals surface area contributed by atoms with E-state index >= 15 is 0 Å². The number of aryl methyl sites for hydroxylation is 1. The zero-order chi connectivity index (χ0) is 13.7. The smallest absolute Gasteiger partial charge is 0.226 e. The van der Waals surface area contributed by atoms with E-state index in [0.717, 1.165) is 10.0 Å². The van der Waals surface area contributed by atoms with Crippen LogP contribution in [-0.4, -0.2) is 18.6 Å².